The molecule has 7 heteroatoms. The predicted molar refractivity (Wildman–Crippen MR) is 81.5 cm³/mol. The molecule has 0 saturated carbocycles. The fraction of sp³-hybridized carbons (Fsp3) is 0.125. The van der Waals surface area contributed by atoms with Gasteiger partial charge in [-0.3, -0.25) is 9.69 Å². The molecule has 0 aliphatic carbocycles. The minimum atomic E-state index is -0.814. The van der Waals surface area contributed by atoms with E-state index in [-0.39, 0.29) is 11.6 Å². The number of amides is 3. The minimum absolute atomic E-state index is 0.106. The van der Waals surface area contributed by atoms with E-state index in [2.05, 4.69) is 10.6 Å². The number of halogens is 2. The first-order valence-electron chi connectivity index (χ1n) is 6.96. The van der Waals surface area contributed by atoms with Gasteiger partial charge in [-0.2, -0.15) is 0 Å². The molecule has 1 aliphatic heterocycles. The van der Waals surface area contributed by atoms with Gasteiger partial charge >= 0.3 is 6.03 Å². The first kappa shape index (κ1) is 15.0. The molecular weight excluding hydrogens is 304 g/mol. The zero-order valence-corrected chi connectivity index (χ0v) is 12.0. The second-order valence-corrected chi connectivity index (χ2v) is 5.04. The van der Waals surface area contributed by atoms with Crippen molar-refractivity contribution in [2.75, 3.05) is 23.3 Å². The molecule has 3 rings (SSSR count). The van der Waals surface area contributed by atoms with Crippen LogP contribution in [0.5, 0.6) is 0 Å². The lowest BCUT2D eigenvalue weighted by molar-refractivity contribution is 0.102. The molecule has 0 spiro atoms. The summed E-state index contributed by atoms with van der Waals surface area (Å²) in [5.41, 5.74) is 1.06. The molecule has 23 heavy (non-hydrogen) atoms. The summed E-state index contributed by atoms with van der Waals surface area (Å²) in [5, 5.41) is 5.24. The normalized spacial score (nSPS) is 13.8. The van der Waals surface area contributed by atoms with E-state index in [1.165, 1.54) is 0 Å². The summed E-state index contributed by atoms with van der Waals surface area (Å²) in [4.78, 5) is 25.1. The SMILES string of the molecule is O=C(Nc1ccc(N2CCNC2=O)cc1)c1cc(F)cc(F)c1. The van der Waals surface area contributed by atoms with Crippen LogP contribution in [0.1, 0.15) is 10.4 Å². The summed E-state index contributed by atoms with van der Waals surface area (Å²) in [7, 11) is 0. The molecule has 0 unspecified atom stereocenters. The van der Waals surface area contributed by atoms with Crippen LogP contribution in [0, 0.1) is 11.6 Å². The summed E-state index contributed by atoms with van der Waals surface area (Å²) in [5.74, 6) is -2.24. The Labute approximate surface area is 130 Å². The lowest BCUT2D eigenvalue weighted by Gasteiger charge is -2.14. The predicted octanol–water partition coefficient (Wildman–Crippen LogP) is 2.75. The van der Waals surface area contributed by atoms with E-state index in [0.717, 1.165) is 12.1 Å². The van der Waals surface area contributed by atoms with Crippen molar-refractivity contribution in [1.82, 2.24) is 5.32 Å². The summed E-state index contributed by atoms with van der Waals surface area (Å²) in [6.07, 6.45) is 0. The number of carbonyl (C=O) groups excluding carboxylic acids is 2. The van der Waals surface area contributed by atoms with E-state index in [1.54, 1.807) is 29.2 Å². The van der Waals surface area contributed by atoms with Crippen molar-refractivity contribution in [3.63, 3.8) is 0 Å². The quantitative estimate of drug-likeness (QED) is 0.914. The molecule has 2 aromatic rings. The molecule has 1 saturated heterocycles. The van der Waals surface area contributed by atoms with Gasteiger partial charge in [0.15, 0.2) is 0 Å². The third-order valence-corrected chi connectivity index (χ3v) is 3.42. The van der Waals surface area contributed by atoms with Crippen molar-refractivity contribution >= 4 is 23.3 Å². The van der Waals surface area contributed by atoms with Crippen LogP contribution in [0.15, 0.2) is 42.5 Å². The number of nitrogens with one attached hydrogen (secondary N) is 2. The van der Waals surface area contributed by atoms with Gasteiger partial charge in [0.25, 0.3) is 5.91 Å². The number of carbonyl (C=O) groups is 2. The molecule has 0 atom stereocenters. The van der Waals surface area contributed by atoms with Crippen LogP contribution in [0.2, 0.25) is 0 Å². The third kappa shape index (κ3) is 3.28. The standard InChI is InChI=1S/C16H13F2N3O2/c17-11-7-10(8-12(18)9-11)15(22)20-13-1-3-14(4-2-13)21-6-5-19-16(21)23/h1-4,7-9H,5-6H2,(H,19,23)(H,20,22). The van der Waals surface area contributed by atoms with Crippen LogP contribution in [-0.2, 0) is 0 Å². The van der Waals surface area contributed by atoms with Crippen molar-refractivity contribution in [2.45, 2.75) is 0 Å². The maximum Gasteiger partial charge on any atom is 0.321 e. The number of anilines is 2. The highest BCUT2D eigenvalue weighted by Gasteiger charge is 2.20. The molecule has 1 aliphatic rings. The first-order chi connectivity index (χ1) is 11.0. The lowest BCUT2D eigenvalue weighted by atomic mass is 10.2. The van der Waals surface area contributed by atoms with Crippen LogP contribution in [0.4, 0.5) is 25.0 Å². The van der Waals surface area contributed by atoms with Gasteiger partial charge in [0.2, 0.25) is 0 Å². The van der Waals surface area contributed by atoms with Crippen molar-refractivity contribution in [2.24, 2.45) is 0 Å². The van der Waals surface area contributed by atoms with Crippen LogP contribution in [-0.4, -0.2) is 25.0 Å². The second kappa shape index (κ2) is 6.04. The Morgan fingerprint density at radius 3 is 2.30 bits per heavy atom. The Kier molecular flexibility index (Phi) is 3.92. The Morgan fingerprint density at radius 2 is 1.74 bits per heavy atom. The molecule has 1 heterocycles. The number of nitrogens with zero attached hydrogens (tertiary/aromatic N) is 1. The van der Waals surface area contributed by atoms with Crippen LogP contribution in [0.25, 0.3) is 0 Å². The van der Waals surface area contributed by atoms with Crippen molar-refractivity contribution in [3.05, 3.63) is 59.7 Å². The smallest absolute Gasteiger partial charge is 0.321 e. The zero-order chi connectivity index (χ0) is 16.4. The Bertz CT molecular complexity index is 742. The number of urea groups is 1. The number of hydrogen-bond acceptors (Lipinski definition) is 2. The lowest BCUT2D eigenvalue weighted by Crippen LogP contribution is -2.27. The average molecular weight is 317 g/mol. The van der Waals surface area contributed by atoms with E-state index in [9.17, 15) is 18.4 Å². The van der Waals surface area contributed by atoms with Gasteiger partial charge in [0.1, 0.15) is 11.6 Å². The van der Waals surface area contributed by atoms with Crippen molar-refractivity contribution in [3.8, 4) is 0 Å². The topological polar surface area (TPSA) is 61.4 Å². The maximum absolute atomic E-state index is 13.1. The average Bonchev–Trinajstić information content (AvgIpc) is 2.93. The Hall–Kier alpha value is -2.96. The molecule has 1 fully saturated rings. The maximum atomic E-state index is 13.1. The van der Waals surface area contributed by atoms with Crippen LogP contribution in [0.3, 0.4) is 0 Å². The monoisotopic (exact) mass is 317 g/mol. The first-order valence-corrected chi connectivity index (χ1v) is 6.96. The molecule has 5 nitrogen and oxygen atoms in total. The summed E-state index contributed by atoms with van der Waals surface area (Å²) in [6.45, 7) is 1.16. The van der Waals surface area contributed by atoms with E-state index in [4.69, 9.17) is 0 Å². The van der Waals surface area contributed by atoms with Gasteiger partial charge in [-0.1, -0.05) is 0 Å². The fourth-order valence-electron chi connectivity index (χ4n) is 2.33. The second-order valence-electron chi connectivity index (χ2n) is 5.04. The zero-order valence-electron chi connectivity index (χ0n) is 12.0. The van der Waals surface area contributed by atoms with Gasteiger partial charge in [-0.15, -0.1) is 0 Å². The molecule has 2 N–H and O–H groups in total. The van der Waals surface area contributed by atoms with E-state index < -0.39 is 17.5 Å². The van der Waals surface area contributed by atoms with Gasteiger partial charge in [0.05, 0.1) is 0 Å². The van der Waals surface area contributed by atoms with E-state index >= 15 is 0 Å². The van der Waals surface area contributed by atoms with E-state index in [0.29, 0.717) is 30.5 Å². The van der Waals surface area contributed by atoms with Gasteiger partial charge < -0.3 is 10.6 Å². The molecule has 2 aromatic carbocycles. The molecular formula is C16H13F2N3O2. The number of benzene rings is 2. The van der Waals surface area contributed by atoms with Crippen molar-refractivity contribution < 1.29 is 18.4 Å². The molecule has 0 radical (unpaired) electrons. The fourth-order valence-corrected chi connectivity index (χ4v) is 2.33. The summed E-state index contributed by atoms with van der Waals surface area (Å²) >= 11 is 0. The highest BCUT2D eigenvalue weighted by molar-refractivity contribution is 6.04. The van der Waals surface area contributed by atoms with Gasteiger partial charge in [-0.25, -0.2) is 13.6 Å². The van der Waals surface area contributed by atoms with Crippen molar-refractivity contribution in [1.29, 1.82) is 0 Å². The largest absolute Gasteiger partial charge is 0.336 e. The Morgan fingerprint density at radius 1 is 1.09 bits per heavy atom. The Balaban J connectivity index is 1.72. The summed E-state index contributed by atoms with van der Waals surface area (Å²) in [6, 6.07) is 9.06. The molecule has 3 amide bonds. The van der Waals surface area contributed by atoms with Crippen LogP contribution >= 0.6 is 0 Å². The highest BCUT2D eigenvalue weighted by atomic mass is 19.1. The number of rotatable bonds is 3. The van der Waals surface area contributed by atoms with Crippen LogP contribution < -0.4 is 15.5 Å². The third-order valence-electron chi connectivity index (χ3n) is 3.42. The number of hydrogen-bond donors (Lipinski definition) is 2. The minimum Gasteiger partial charge on any atom is -0.336 e. The van der Waals surface area contributed by atoms with Gasteiger partial charge in [0, 0.05) is 36.1 Å². The highest BCUT2D eigenvalue weighted by Crippen LogP contribution is 2.20. The summed E-state index contributed by atoms with van der Waals surface area (Å²) < 4.78 is 26.3. The van der Waals surface area contributed by atoms with Gasteiger partial charge in [-0.05, 0) is 36.4 Å². The van der Waals surface area contributed by atoms with E-state index in [1.807, 2.05) is 0 Å². The molecule has 0 bridgehead atoms. The molecule has 0 aromatic heterocycles. The molecule has 118 valence electrons.